The van der Waals surface area contributed by atoms with Crippen LogP contribution in [0.1, 0.15) is 28.9 Å². The van der Waals surface area contributed by atoms with Gasteiger partial charge in [-0.3, -0.25) is 23.9 Å². The number of fused-ring (bicyclic) bond motifs is 2. The molecule has 0 bridgehead atoms. The molecule has 3 heterocycles. The van der Waals surface area contributed by atoms with Crippen molar-refractivity contribution in [1.82, 2.24) is 9.58 Å². The van der Waals surface area contributed by atoms with Crippen molar-refractivity contribution in [3.05, 3.63) is 33.7 Å². The number of pyridine rings is 1. The Kier molecular flexibility index (Phi) is 4.84. The Hall–Kier alpha value is -2.68. The third-order valence-corrected chi connectivity index (χ3v) is 4.29. The number of nitrogens with one attached hydrogen (secondary N) is 1. The van der Waals surface area contributed by atoms with Crippen molar-refractivity contribution < 1.29 is 23.9 Å². The van der Waals surface area contributed by atoms with E-state index in [0.29, 0.717) is 19.8 Å². The highest BCUT2D eigenvalue weighted by Gasteiger charge is 2.36. The van der Waals surface area contributed by atoms with Crippen LogP contribution >= 0.6 is 0 Å². The lowest BCUT2D eigenvalue weighted by Gasteiger charge is -2.41. The van der Waals surface area contributed by atoms with Crippen LogP contribution < -0.4 is 10.9 Å². The number of carbonyl (C=O) groups is 3. The Balaban J connectivity index is 1.86. The standard InChI is InChI=1S/C16H19N3O6/c1-24-14(22)3-2-10(20)8-11-12(21)4-5-19-15(11)16(23)18-6-7-25-9-13(18)17-19/h4-5,13,17H,2-3,6-9H2,1H3. The second-order valence-corrected chi connectivity index (χ2v) is 5.89. The number of ether oxygens (including phenoxy) is 2. The number of aromatic nitrogens is 1. The lowest BCUT2D eigenvalue weighted by Crippen LogP contribution is -2.59. The summed E-state index contributed by atoms with van der Waals surface area (Å²) in [7, 11) is 1.25. The summed E-state index contributed by atoms with van der Waals surface area (Å²) in [6.45, 7) is 1.19. The number of morpholine rings is 1. The first-order valence-corrected chi connectivity index (χ1v) is 7.99. The van der Waals surface area contributed by atoms with Crippen LogP contribution in [0.2, 0.25) is 0 Å². The molecule has 0 aromatic carbocycles. The zero-order valence-corrected chi connectivity index (χ0v) is 13.8. The van der Waals surface area contributed by atoms with Crippen LogP contribution in [-0.4, -0.2) is 60.3 Å². The number of ketones is 1. The van der Waals surface area contributed by atoms with E-state index in [-0.39, 0.29) is 53.8 Å². The van der Waals surface area contributed by atoms with Crippen LogP contribution in [0.3, 0.4) is 0 Å². The largest absolute Gasteiger partial charge is 0.469 e. The van der Waals surface area contributed by atoms with Gasteiger partial charge in [0.15, 0.2) is 5.43 Å². The predicted octanol–water partition coefficient (Wildman–Crippen LogP) is -0.731. The molecule has 9 heteroatoms. The number of esters is 1. The van der Waals surface area contributed by atoms with Crippen LogP contribution in [0.25, 0.3) is 0 Å². The van der Waals surface area contributed by atoms with Crippen molar-refractivity contribution >= 4 is 17.7 Å². The highest BCUT2D eigenvalue weighted by atomic mass is 16.5. The van der Waals surface area contributed by atoms with Gasteiger partial charge in [0.1, 0.15) is 17.6 Å². The smallest absolute Gasteiger partial charge is 0.305 e. The molecular formula is C16H19N3O6. The Morgan fingerprint density at radius 1 is 1.36 bits per heavy atom. The fourth-order valence-electron chi connectivity index (χ4n) is 2.97. The number of rotatable bonds is 5. The molecule has 0 spiro atoms. The van der Waals surface area contributed by atoms with E-state index < -0.39 is 5.97 Å². The zero-order chi connectivity index (χ0) is 18.0. The number of carbonyl (C=O) groups excluding carboxylic acids is 3. The summed E-state index contributed by atoms with van der Waals surface area (Å²) in [6.07, 6.45) is 0.878. The first-order chi connectivity index (χ1) is 12.0. The maximum Gasteiger partial charge on any atom is 0.305 e. The molecule has 1 aromatic heterocycles. The van der Waals surface area contributed by atoms with Gasteiger partial charge in [0.2, 0.25) is 0 Å². The molecule has 0 aliphatic carbocycles. The highest BCUT2D eigenvalue weighted by Crippen LogP contribution is 2.19. The maximum atomic E-state index is 12.8. The van der Waals surface area contributed by atoms with E-state index in [4.69, 9.17) is 4.74 Å². The third-order valence-electron chi connectivity index (χ3n) is 4.29. The van der Waals surface area contributed by atoms with Gasteiger partial charge in [0, 0.05) is 37.2 Å². The Morgan fingerprint density at radius 2 is 2.16 bits per heavy atom. The van der Waals surface area contributed by atoms with E-state index >= 15 is 0 Å². The molecule has 1 unspecified atom stereocenters. The molecule has 0 radical (unpaired) electrons. The molecule has 2 aliphatic heterocycles. The molecule has 1 saturated heterocycles. The van der Waals surface area contributed by atoms with Crippen molar-refractivity contribution in [3.8, 4) is 0 Å². The van der Waals surface area contributed by atoms with Gasteiger partial charge in [-0.25, -0.2) is 0 Å². The van der Waals surface area contributed by atoms with E-state index in [2.05, 4.69) is 10.2 Å². The van der Waals surface area contributed by atoms with Crippen molar-refractivity contribution in [2.45, 2.75) is 25.4 Å². The number of hydrogen-bond donors (Lipinski definition) is 1. The summed E-state index contributed by atoms with van der Waals surface area (Å²) in [5, 5.41) is 0. The summed E-state index contributed by atoms with van der Waals surface area (Å²) in [5.74, 6) is -1.09. The molecule has 9 nitrogen and oxygen atoms in total. The van der Waals surface area contributed by atoms with E-state index in [0.717, 1.165) is 0 Å². The molecule has 1 amide bonds. The van der Waals surface area contributed by atoms with Gasteiger partial charge in [-0.2, -0.15) is 0 Å². The van der Waals surface area contributed by atoms with Gasteiger partial charge >= 0.3 is 5.97 Å². The monoisotopic (exact) mass is 349 g/mol. The van der Waals surface area contributed by atoms with Gasteiger partial charge in [-0.1, -0.05) is 0 Å². The van der Waals surface area contributed by atoms with E-state index in [9.17, 15) is 19.2 Å². The minimum atomic E-state index is -0.492. The molecule has 25 heavy (non-hydrogen) atoms. The molecule has 1 aromatic rings. The van der Waals surface area contributed by atoms with Gasteiger partial charge in [0.05, 0.1) is 26.7 Å². The zero-order valence-electron chi connectivity index (χ0n) is 13.8. The molecule has 0 saturated carbocycles. The summed E-state index contributed by atoms with van der Waals surface area (Å²) in [4.78, 5) is 49.9. The summed E-state index contributed by atoms with van der Waals surface area (Å²) >= 11 is 0. The molecule has 3 rings (SSSR count). The average molecular weight is 349 g/mol. The quantitative estimate of drug-likeness (QED) is 0.698. The first-order valence-electron chi connectivity index (χ1n) is 7.99. The third kappa shape index (κ3) is 3.41. The predicted molar refractivity (Wildman–Crippen MR) is 85.7 cm³/mol. The van der Waals surface area contributed by atoms with Gasteiger partial charge in [-0.15, -0.1) is 0 Å². The summed E-state index contributed by atoms with van der Waals surface area (Å²) in [6, 6.07) is 1.31. The number of amides is 1. The number of methoxy groups -OCH3 is 1. The van der Waals surface area contributed by atoms with Crippen LogP contribution in [-0.2, 0) is 25.5 Å². The second kappa shape index (κ2) is 7.06. The van der Waals surface area contributed by atoms with E-state index in [1.807, 2.05) is 0 Å². The van der Waals surface area contributed by atoms with Crippen LogP contribution in [0.15, 0.2) is 17.1 Å². The van der Waals surface area contributed by atoms with Crippen molar-refractivity contribution in [1.29, 1.82) is 0 Å². The fourth-order valence-corrected chi connectivity index (χ4v) is 2.97. The van der Waals surface area contributed by atoms with Crippen LogP contribution in [0, 0.1) is 0 Å². The first kappa shape index (κ1) is 17.2. The minimum absolute atomic E-state index is 0.0394. The Bertz CT molecular complexity index is 772. The molecular weight excluding hydrogens is 330 g/mol. The Labute approximate surface area is 143 Å². The highest BCUT2D eigenvalue weighted by molar-refractivity contribution is 5.97. The van der Waals surface area contributed by atoms with Crippen LogP contribution in [0.5, 0.6) is 0 Å². The van der Waals surface area contributed by atoms with Crippen molar-refractivity contribution in [2.24, 2.45) is 0 Å². The second-order valence-electron chi connectivity index (χ2n) is 5.89. The molecule has 1 N–H and O–H groups in total. The fraction of sp³-hybridized carbons (Fsp3) is 0.500. The van der Waals surface area contributed by atoms with Gasteiger partial charge in [0.25, 0.3) is 5.91 Å². The SMILES string of the molecule is COC(=O)CCC(=O)Cc1c2n(ccc1=O)NC1COCCN1C2=O. The molecule has 1 fully saturated rings. The molecule has 1 atom stereocenters. The normalized spacial score (nSPS) is 18.8. The number of nitrogens with zero attached hydrogens (tertiary/aromatic N) is 2. The van der Waals surface area contributed by atoms with Crippen LogP contribution in [0.4, 0.5) is 0 Å². The maximum absolute atomic E-state index is 12.8. The lowest BCUT2D eigenvalue weighted by molar-refractivity contribution is -0.141. The topological polar surface area (TPSA) is 107 Å². The van der Waals surface area contributed by atoms with E-state index in [1.54, 1.807) is 4.90 Å². The summed E-state index contributed by atoms with van der Waals surface area (Å²) < 4.78 is 11.3. The van der Waals surface area contributed by atoms with Crippen molar-refractivity contribution in [2.75, 3.05) is 32.3 Å². The lowest BCUT2D eigenvalue weighted by atomic mass is 10.0. The van der Waals surface area contributed by atoms with E-state index in [1.165, 1.54) is 24.0 Å². The molecule has 2 aliphatic rings. The molecule has 134 valence electrons. The number of hydrogen-bond acceptors (Lipinski definition) is 7. The number of Topliss-reactive ketones (excluding diaryl/α,β-unsaturated/α-hetero) is 1. The minimum Gasteiger partial charge on any atom is -0.469 e. The van der Waals surface area contributed by atoms with Gasteiger partial charge in [-0.05, 0) is 0 Å². The van der Waals surface area contributed by atoms with Gasteiger partial charge < -0.3 is 19.8 Å². The Morgan fingerprint density at radius 3 is 2.92 bits per heavy atom. The van der Waals surface area contributed by atoms with Crippen molar-refractivity contribution in [3.63, 3.8) is 0 Å². The average Bonchev–Trinajstić information content (AvgIpc) is 2.62. The summed E-state index contributed by atoms with van der Waals surface area (Å²) in [5.41, 5.74) is 3.03.